The van der Waals surface area contributed by atoms with Gasteiger partial charge in [0.15, 0.2) is 0 Å². The highest BCUT2D eigenvalue weighted by Gasteiger charge is 2.33. The monoisotopic (exact) mass is 632 g/mol. The Morgan fingerprint density at radius 1 is 0.957 bits per heavy atom. The van der Waals surface area contributed by atoms with Crippen LogP contribution in [0.5, 0.6) is 0 Å². The molecule has 0 aliphatic carbocycles. The highest BCUT2D eigenvalue weighted by atomic mass is 16.4. The maximum atomic E-state index is 13.4. The summed E-state index contributed by atoms with van der Waals surface area (Å²) in [5.74, 6) is -2.10. The number of anilines is 4. The number of fused-ring (bicyclic) bond motifs is 1. The van der Waals surface area contributed by atoms with Crippen molar-refractivity contribution in [1.29, 1.82) is 0 Å². The first kappa shape index (κ1) is 31.3. The minimum absolute atomic E-state index is 0.0130. The summed E-state index contributed by atoms with van der Waals surface area (Å²) in [6.07, 6.45) is 3.19. The summed E-state index contributed by atoms with van der Waals surface area (Å²) < 4.78 is 1.85. The molecule has 47 heavy (non-hydrogen) atoms. The van der Waals surface area contributed by atoms with Crippen LogP contribution in [0.25, 0.3) is 11.6 Å². The third-order valence-electron chi connectivity index (χ3n) is 8.73. The lowest BCUT2D eigenvalue weighted by Crippen LogP contribution is -2.35. The van der Waals surface area contributed by atoms with Gasteiger partial charge in [0.25, 0.3) is 11.8 Å². The number of amides is 3. The molecule has 1 unspecified atom stereocenters. The average Bonchev–Trinajstić information content (AvgIpc) is 3.74. The van der Waals surface area contributed by atoms with Crippen molar-refractivity contribution in [1.82, 2.24) is 9.47 Å². The molecule has 1 fully saturated rings. The molecule has 1 atom stereocenters. The van der Waals surface area contributed by atoms with Crippen LogP contribution in [-0.4, -0.2) is 51.4 Å². The lowest BCUT2D eigenvalue weighted by atomic mass is 10.0. The fourth-order valence-electron chi connectivity index (χ4n) is 6.55. The molecule has 0 saturated carbocycles. The number of carbonyl (C=O) groups excluding carboxylic acids is 3. The normalized spacial score (nSPS) is 15.7. The Kier molecular flexibility index (Phi) is 8.64. The number of carbonyl (C=O) groups is 4. The third kappa shape index (κ3) is 6.38. The number of primary amides is 1. The number of carboxylic acids is 1. The number of carboxylic acid groups (broad SMARTS) is 1. The Labute approximate surface area is 272 Å². The van der Waals surface area contributed by atoms with Crippen LogP contribution in [0.2, 0.25) is 0 Å². The van der Waals surface area contributed by atoms with Crippen LogP contribution >= 0.6 is 0 Å². The third-order valence-corrected chi connectivity index (χ3v) is 8.73. The zero-order chi connectivity index (χ0) is 33.2. The van der Waals surface area contributed by atoms with Crippen LogP contribution in [-0.2, 0) is 9.59 Å². The lowest BCUT2D eigenvalue weighted by Gasteiger charge is -2.30. The van der Waals surface area contributed by atoms with E-state index in [9.17, 15) is 24.3 Å². The van der Waals surface area contributed by atoms with Gasteiger partial charge in [0.05, 0.1) is 29.4 Å². The molecular formula is C36H36N6O5. The summed E-state index contributed by atoms with van der Waals surface area (Å²) in [5.41, 5.74) is 11.7. The van der Waals surface area contributed by atoms with Crippen LogP contribution in [0, 0.1) is 13.8 Å². The van der Waals surface area contributed by atoms with Gasteiger partial charge in [-0.25, -0.2) is 4.79 Å². The highest BCUT2D eigenvalue weighted by Crippen LogP contribution is 2.39. The van der Waals surface area contributed by atoms with E-state index < -0.39 is 18.0 Å². The minimum Gasteiger partial charge on any atom is -0.478 e. The first-order chi connectivity index (χ1) is 22.6. The van der Waals surface area contributed by atoms with E-state index in [-0.39, 0.29) is 23.8 Å². The van der Waals surface area contributed by atoms with E-state index in [4.69, 9.17) is 5.73 Å². The summed E-state index contributed by atoms with van der Waals surface area (Å²) >= 11 is 0. The van der Waals surface area contributed by atoms with Gasteiger partial charge in [-0.1, -0.05) is 30.3 Å². The molecule has 3 amide bonds. The lowest BCUT2D eigenvalue weighted by molar-refractivity contribution is -0.120. The van der Waals surface area contributed by atoms with Crippen molar-refractivity contribution in [3.05, 3.63) is 106 Å². The molecule has 3 aromatic carbocycles. The molecule has 6 N–H and O–H groups in total. The Balaban J connectivity index is 1.31. The standard InChI is InChI=1S/C36H36N6O5/c1-21-30(42(22(2)33(21)36(46)47)32(20-31(37)43)41-15-6-7-16-41)19-28-27-14-13-26(18-29(27)40-35(28)45)38-24-11-8-12-25(17-24)39-34(44)23-9-4-3-5-10-23/h3-5,8-14,17-19,32,38H,6-7,15-16,20H2,1-2H3,(H2,37,43)(H,39,44)(H,40,45)(H,46,47). The molecule has 3 heterocycles. The van der Waals surface area contributed by atoms with Crippen LogP contribution < -0.4 is 21.7 Å². The van der Waals surface area contributed by atoms with Crippen molar-refractivity contribution in [2.24, 2.45) is 5.73 Å². The first-order valence-corrected chi connectivity index (χ1v) is 15.5. The molecular weight excluding hydrogens is 596 g/mol. The van der Waals surface area contributed by atoms with Gasteiger partial charge in [0.1, 0.15) is 0 Å². The predicted molar refractivity (Wildman–Crippen MR) is 182 cm³/mol. The number of nitrogens with two attached hydrogens (primary N) is 1. The number of nitrogens with zero attached hydrogens (tertiary/aromatic N) is 2. The van der Waals surface area contributed by atoms with Gasteiger partial charge in [-0.05, 0) is 80.8 Å². The largest absolute Gasteiger partial charge is 0.478 e. The van der Waals surface area contributed by atoms with Crippen LogP contribution in [0.4, 0.5) is 22.7 Å². The van der Waals surface area contributed by atoms with E-state index in [2.05, 4.69) is 20.9 Å². The number of hydrogen-bond acceptors (Lipinski definition) is 6. The number of hydrogen-bond donors (Lipinski definition) is 5. The Morgan fingerprint density at radius 2 is 1.66 bits per heavy atom. The minimum atomic E-state index is -1.08. The van der Waals surface area contributed by atoms with Gasteiger partial charge in [0.2, 0.25) is 5.91 Å². The topological polar surface area (TPSA) is 159 Å². The van der Waals surface area contributed by atoms with Crippen LogP contribution in [0.3, 0.4) is 0 Å². The summed E-state index contributed by atoms with van der Waals surface area (Å²) in [4.78, 5) is 52.7. The average molecular weight is 633 g/mol. The maximum Gasteiger partial charge on any atom is 0.337 e. The maximum absolute atomic E-state index is 13.4. The van der Waals surface area contributed by atoms with E-state index in [1.807, 2.05) is 59.2 Å². The molecule has 0 spiro atoms. The van der Waals surface area contributed by atoms with E-state index in [1.165, 1.54) is 0 Å². The van der Waals surface area contributed by atoms with Crippen molar-refractivity contribution >= 4 is 58.1 Å². The zero-order valence-corrected chi connectivity index (χ0v) is 26.2. The van der Waals surface area contributed by atoms with Crippen molar-refractivity contribution in [3.8, 4) is 0 Å². The molecule has 6 rings (SSSR count). The quantitative estimate of drug-likeness (QED) is 0.139. The fraction of sp³-hybridized carbons (Fsp3) is 0.222. The Hall–Kier alpha value is -5.68. The second-order valence-electron chi connectivity index (χ2n) is 11.8. The van der Waals surface area contributed by atoms with Crippen molar-refractivity contribution < 1.29 is 24.3 Å². The Bertz CT molecular complexity index is 1920. The number of nitrogens with one attached hydrogen (secondary N) is 3. The van der Waals surface area contributed by atoms with Gasteiger partial charge in [-0.15, -0.1) is 0 Å². The molecule has 1 aromatic heterocycles. The second-order valence-corrected chi connectivity index (χ2v) is 11.8. The molecule has 0 radical (unpaired) electrons. The molecule has 4 aromatic rings. The molecule has 11 nitrogen and oxygen atoms in total. The van der Waals surface area contributed by atoms with E-state index in [1.54, 1.807) is 38.1 Å². The molecule has 11 heteroatoms. The van der Waals surface area contributed by atoms with Crippen molar-refractivity contribution in [2.45, 2.75) is 39.3 Å². The van der Waals surface area contributed by atoms with Gasteiger partial charge in [-0.3, -0.25) is 19.3 Å². The smallest absolute Gasteiger partial charge is 0.337 e. The molecule has 2 aliphatic rings. The number of benzene rings is 3. The highest BCUT2D eigenvalue weighted by molar-refractivity contribution is 6.35. The van der Waals surface area contributed by atoms with Gasteiger partial charge < -0.3 is 31.4 Å². The molecule has 1 saturated heterocycles. The predicted octanol–water partition coefficient (Wildman–Crippen LogP) is 5.76. The molecule has 2 aliphatic heterocycles. The molecule has 0 bridgehead atoms. The second kappa shape index (κ2) is 13.0. The summed E-state index contributed by atoms with van der Waals surface area (Å²) in [6.45, 7) is 4.97. The van der Waals surface area contributed by atoms with Crippen molar-refractivity contribution in [3.63, 3.8) is 0 Å². The molecule has 240 valence electrons. The SMILES string of the molecule is Cc1c(C(=O)O)c(C)n(C(CC(N)=O)N2CCCC2)c1C=C1C(=O)Nc2cc(Nc3cccc(NC(=O)c4ccccc4)c3)ccc21. The number of aromatic nitrogens is 1. The van der Waals surface area contributed by atoms with Crippen LogP contribution in [0.1, 0.15) is 68.7 Å². The van der Waals surface area contributed by atoms with Crippen LogP contribution in [0.15, 0.2) is 72.8 Å². The van der Waals surface area contributed by atoms with E-state index in [0.717, 1.165) is 37.3 Å². The van der Waals surface area contributed by atoms with Crippen molar-refractivity contribution in [2.75, 3.05) is 29.0 Å². The number of rotatable bonds is 10. The van der Waals surface area contributed by atoms with Gasteiger partial charge in [0, 0.05) is 52.7 Å². The zero-order valence-electron chi connectivity index (χ0n) is 26.2. The Morgan fingerprint density at radius 3 is 2.36 bits per heavy atom. The fourth-order valence-corrected chi connectivity index (χ4v) is 6.55. The first-order valence-electron chi connectivity index (χ1n) is 15.5. The summed E-state index contributed by atoms with van der Waals surface area (Å²) in [7, 11) is 0. The number of likely N-dealkylation sites (tertiary alicyclic amines) is 1. The van der Waals surface area contributed by atoms with E-state index in [0.29, 0.717) is 45.0 Å². The summed E-state index contributed by atoms with van der Waals surface area (Å²) in [6, 6.07) is 21.8. The van der Waals surface area contributed by atoms with E-state index >= 15 is 0 Å². The van der Waals surface area contributed by atoms with Gasteiger partial charge in [-0.2, -0.15) is 0 Å². The number of aromatic carboxylic acids is 1. The van der Waals surface area contributed by atoms with Gasteiger partial charge >= 0.3 is 5.97 Å². The summed E-state index contributed by atoms with van der Waals surface area (Å²) in [5, 5.41) is 19.3.